The maximum Gasteiger partial charge on any atom is 0.459 e. The summed E-state index contributed by atoms with van der Waals surface area (Å²) in [6, 6.07) is 8.94. The Hall–Kier alpha value is -2.79. The smallest absolute Gasteiger partial charge is 0.459 e. The molecule has 13 nitrogen and oxygen atoms in total. The van der Waals surface area contributed by atoms with Crippen molar-refractivity contribution in [3.8, 4) is 11.8 Å². The number of H-pyrrole nitrogens is 1. The van der Waals surface area contributed by atoms with Gasteiger partial charge in [-0.15, -0.1) is 0 Å². The zero-order valence-corrected chi connectivity index (χ0v) is 24.2. The number of nitrogens with one attached hydrogen (secondary N) is 2. The predicted molar refractivity (Wildman–Crippen MR) is 142 cm³/mol. The standard InChI is InChI=1S/C24H30BrN4O9P/c1-14(2)11-35-21(32)15(3)28-39(34,38-16-8-6-5-7-9-16)36-12-18-19(30)24(4,13-26)22(37-18)29-10-17(25)20(31)27-23(29)33/h5-10,14-15,18-19,22,30H,11-12H2,1-4H3,(H,28,34)(H,27,31,33). The highest BCUT2D eigenvalue weighted by Gasteiger charge is 2.55. The molecule has 3 N–H and O–H groups in total. The number of hydrogen-bond acceptors (Lipinski definition) is 10. The van der Waals surface area contributed by atoms with Gasteiger partial charge in [-0.2, -0.15) is 10.3 Å². The van der Waals surface area contributed by atoms with Crippen molar-refractivity contribution in [2.24, 2.45) is 11.3 Å². The number of esters is 1. The summed E-state index contributed by atoms with van der Waals surface area (Å²) in [7, 11) is -4.29. The molecule has 15 heteroatoms. The van der Waals surface area contributed by atoms with Crippen molar-refractivity contribution in [2.75, 3.05) is 13.2 Å². The van der Waals surface area contributed by atoms with Crippen molar-refractivity contribution in [1.82, 2.24) is 14.6 Å². The summed E-state index contributed by atoms with van der Waals surface area (Å²) in [5.74, 6) is -0.418. The fourth-order valence-electron chi connectivity index (χ4n) is 3.70. The number of ether oxygens (including phenoxy) is 2. The molecule has 0 spiro atoms. The number of aliphatic hydroxyl groups excluding tert-OH is 1. The number of halogens is 1. The molecule has 0 amide bonds. The maximum absolute atomic E-state index is 13.8. The minimum atomic E-state index is -4.29. The van der Waals surface area contributed by atoms with Gasteiger partial charge >= 0.3 is 19.4 Å². The first-order valence-corrected chi connectivity index (χ1v) is 14.3. The van der Waals surface area contributed by atoms with Crippen LogP contribution >= 0.6 is 23.7 Å². The highest BCUT2D eigenvalue weighted by molar-refractivity contribution is 9.10. The molecule has 1 fully saturated rings. The van der Waals surface area contributed by atoms with Gasteiger partial charge < -0.3 is 19.1 Å². The number of aromatic nitrogens is 2. The Labute approximate surface area is 232 Å². The molecule has 3 rings (SSSR count). The van der Waals surface area contributed by atoms with E-state index >= 15 is 0 Å². The van der Waals surface area contributed by atoms with Crippen molar-refractivity contribution in [3.05, 3.63) is 61.8 Å². The number of carbonyl (C=O) groups excluding carboxylic acids is 1. The third-order valence-corrected chi connectivity index (χ3v) is 8.05. The number of para-hydroxylation sites is 1. The zero-order chi connectivity index (χ0) is 29.0. The number of nitriles is 1. The molecule has 0 radical (unpaired) electrons. The lowest BCUT2D eigenvalue weighted by Crippen LogP contribution is -2.41. The number of rotatable bonds is 11. The molecule has 6 unspecified atom stereocenters. The van der Waals surface area contributed by atoms with Gasteiger partial charge in [-0.3, -0.25) is 23.7 Å². The summed E-state index contributed by atoms with van der Waals surface area (Å²) in [6.45, 7) is 6.14. The number of benzene rings is 1. The van der Waals surface area contributed by atoms with Crippen molar-refractivity contribution in [3.63, 3.8) is 0 Å². The van der Waals surface area contributed by atoms with E-state index in [1.54, 1.807) is 18.2 Å². The fraction of sp³-hybridized carbons (Fsp3) is 0.500. The number of carbonyl (C=O) groups is 1. The van der Waals surface area contributed by atoms with E-state index in [-0.39, 0.29) is 22.7 Å². The number of aliphatic hydroxyl groups is 1. The van der Waals surface area contributed by atoms with Crippen LogP contribution < -0.4 is 20.9 Å². The lowest BCUT2D eigenvalue weighted by Gasteiger charge is -2.26. The molecule has 1 aliphatic rings. The van der Waals surface area contributed by atoms with E-state index in [1.807, 2.05) is 19.9 Å². The minimum Gasteiger partial charge on any atom is -0.464 e. The molecule has 212 valence electrons. The zero-order valence-electron chi connectivity index (χ0n) is 21.7. The summed E-state index contributed by atoms with van der Waals surface area (Å²) < 4.78 is 36.9. The Morgan fingerprint density at radius 2 is 2.00 bits per heavy atom. The van der Waals surface area contributed by atoms with Crippen LogP contribution in [-0.4, -0.2) is 52.1 Å². The fourth-order valence-corrected chi connectivity index (χ4v) is 5.52. The SMILES string of the molecule is CC(C)COC(=O)C(C)NP(=O)(OCC1OC(n2cc(Br)c(=O)[nH]c2=O)C(C)(C#N)C1O)Oc1ccccc1. The van der Waals surface area contributed by atoms with Crippen LogP contribution in [0.2, 0.25) is 0 Å². The van der Waals surface area contributed by atoms with E-state index in [4.69, 9.17) is 18.5 Å². The third-order valence-electron chi connectivity index (χ3n) is 5.84. The molecule has 1 aliphatic heterocycles. The first kappa shape index (κ1) is 30.7. The Morgan fingerprint density at radius 1 is 1.33 bits per heavy atom. The van der Waals surface area contributed by atoms with Crippen LogP contribution in [0.3, 0.4) is 0 Å². The Morgan fingerprint density at radius 3 is 2.62 bits per heavy atom. The van der Waals surface area contributed by atoms with Gasteiger partial charge in [0, 0.05) is 6.20 Å². The van der Waals surface area contributed by atoms with Crippen LogP contribution in [0.15, 0.2) is 50.6 Å². The molecule has 0 saturated carbocycles. The van der Waals surface area contributed by atoms with Crippen molar-refractivity contribution in [2.45, 2.75) is 52.2 Å². The normalized spacial score (nSPS) is 25.0. The molecule has 1 aromatic heterocycles. The average Bonchev–Trinajstić information content (AvgIpc) is 3.14. The van der Waals surface area contributed by atoms with Gasteiger partial charge in [-0.05, 0) is 47.8 Å². The van der Waals surface area contributed by atoms with Gasteiger partial charge in [0.25, 0.3) is 5.56 Å². The highest BCUT2D eigenvalue weighted by Crippen LogP contribution is 2.48. The van der Waals surface area contributed by atoms with E-state index in [1.165, 1.54) is 26.0 Å². The van der Waals surface area contributed by atoms with Gasteiger partial charge in [-0.1, -0.05) is 32.0 Å². The van der Waals surface area contributed by atoms with Crippen LogP contribution in [0.4, 0.5) is 0 Å². The van der Waals surface area contributed by atoms with E-state index in [0.717, 1.165) is 10.8 Å². The van der Waals surface area contributed by atoms with Gasteiger partial charge in [0.15, 0.2) is 6.23 Å². The highest BCUT2D eigenvalue weighted by atomic mass is 79.9. The maximum atomic E-state index is 13.8. The summed E-state index contributed by atoms with van der Waals surface area (Å²) in [5, 5.41) is 23.4. The Balaban J connectivity index is 1.84. The first-order chi connectivity index (χ1) is 18.3. The monoisotopic (exact) mass is 628 g/mol. The minimum absolute atomic E-state index is 0.00322. The van der Waals surface area contributed by atoms with Gasteiger partial charge in [0.2, 0.25) is 0 Å². The second kappa shape index (κ2) is 12.6. The summed E-state index contributed by atoms with van der Waals surface area (Å²) in [6.07, 6.45) is -2.95. The van der Waals surface area contributed by atoms with Gasteiger partial charge in [0.1, 0.15) is 29.4 Å². The Bertz CT molecular complexity index is 1380. The average molecular weight is 629 g/mol. The lowest BCUT2D eigenvalue weighted by atomic mass is 9.84. The summed E-state index contributed by atoms with van der Waals surface area (Å²) >= 11 is 3.03. The van der Waals surface area contributed by atoms with E-state index in [0.29, 0.717) is 0 Å². The summed E-state index contributed by atoms with van der Waals surface area (Å²) in [4.78, 5) is 38.7. The molecular formula is C24H30BrN4O9P. The van der Waals surface area contributed by atoms with Gasteiger partial charge in [0.05, 0.1) is 23.8 Å². The molecule has 1 aromatic carbocycles. The lowest BCUT2D eigenvalue weighted by molar-refractivity contribution is -0.146. The van der Waals surface area contributed by atoms with Crippen LogP contribution in [0.1, 0.15) is 33.9 Å². The van der Waals surface area contributed by atoms with Crippen LogP contribution in [0.5, 0.6) is 5.75 Å². The molecule has 39 heavy (non-hydrogen) atoms. The van der Waals surface area contributed by atoms with E-state index in [9.17, 15) is 29.3 Å². The van der Waals surface area contributed by atoms with Crippen LogP contribution in [0.25, 0.3) is 0 Å². The van der Waals surface area contributed by atoms with Crippen LogP contribution in [0, 0.1) is 22.7 Å². The largest absolute Gasteiger partial charge is 0.464 e. The third kappa shape index (κ3) is 7.25. The van der Waals surface area contributed by atoms with E-state index in [2.05, 4.69) is 26.0 Å². The molecule has 6 atom stereocenters. The molecule has 0 aliphatic carbocycles. The molecular weight excluding hydrogens is 599 g/mol. The summed E-state index contributed by atoms with van der Waals surface area (Å²) in [5.41, 5.74) is -3.21. The molecule has 0 bridgehead atoms. The quantitative estimate of drug-likeness (QED) is 0.245. The number of hydrogen-bond donors (Lipinski definition) is 3. The van der Waals surface area contributed by atoms with Crippen LogP contribution in [-0.2, 0) is 23.4 Å². The number of aromatic amines is 1. The second-order valence-corrected chi connectivity index (χ2v) is 12.1. The predicted octanol–water partition coefficient (Wildman–Crippen LogP) is 2.47. The van der Waals surface area contributed by atoms with Crippen molar-refractivity contribution >= 4 is 29.6 Å². The second-order valence-electron chi connectivity index (χ2n) is 9.58. The van der Waals surface area contributed by atoms with E-state index < -0.39 is 61.5 Å². The van der Waals surface area contributed by atoms with Crippen molar-refractivity contribution < 1.29 is 33.0 Å². The first-order valence-electron chi connectivity index (χ1n) is 12.0. The number of nitrogens with zero attached hydrogens (tertiary/aromatic N) is 2. The Kier molecular flexibility index (Phi) is 9.93. The molecule has 2 heterocycles. The van der Waals surface area contributed by atoms with Crippen molar-refractivity contribution in [1.29, 1.82) is 5.26 Å². The topological polar surface area (TPSA) is 182 Å². The molecule has 1 saturated heterocycles. The van der Waals surface area contributed by atoms with Gasteiger partial charge in [-0.25, -0.2) is 9.36 Å². The molecule has 2 aromatic rings.